The summed E-state index contributed by atoms with van der Waals surface area (Å²) in [5.41, 5.74) is 3.49. The third-order valence-corrected chi connectivity index (χ3v) is 2.34. The highest BCUT2D eigenvalue weighted by atomic mass is 32.2. The van der Waals surface area contributed by atoms with Gasteiger partial charge in [-0.1, -0.05) is 18.7 Å². The minimum atomic E-state index is -0.0512. The Bertz CT molecular complexity index is 183. The van der Waals surface area contributed by atoms with Gasteiger partial charge in [-0.05, 0) is 13.3 Å². The van der Waals surface area contributed by atoms with Gasteiger partial charge in [0, 0.05) is 1.43 Å². The molecule has 1 atom stereocenters. The van der Waals surface area contributed by atoms with Crippen LogP contribution in [0.1, 0.15) is 21.7 Å². The Hall–Kier alpha value is -0.510. The molecule has 1 unspecified atom stereocenters. The summed E-state index contributed by atoms with van der Waals surface area (Å²) >= 11 is 1.29. The third kappa shape index (κ3) is 1.50. The van der Waals surface area contributed by atoms with Crippen molar-refractivity contribution < 1.29 is 6.22 Å². The number of carbonyl (C=O) groups is 1. The molecule has 0 fully saturated rings. The van der Waals surface area contributed by atoms with Crippen molar-refractivity contribution in [2.75, 3.05) is 0 Å². The molecule has 0 bridgehead atoms. The van der Waals surface area contributed by atoms with Gasteiger partial charge in [-0.2, -0.15) is 5.10 Å². The van der Waals surface area contributed by atoms with Crippen LogP contribution in [0.3, 0.4) is 0 Å². The summed E-state index contributed by atoms with van der Waals surface area (Å²) in [4.78, 5) is 10.7. The molecule has 1 aliphatic rings. The van der Waals surface area contributed by atoms with Gasteiger partial charge >= 0.3 is 0 Å². The van der Waals surface area contributed by atoms with Crippen LogP contribution in [0.25, 0.3) is 0 Å². The first-order chi connectivity index (χ1) is 4.74. The normalized spacial score (nSPS) is 25.6. The average Bonchev–Trinajstić information content (AvgIpc) is 1.88. The molecule has 1 heterocycles. The summed E-state index contributed by atoms with van der Waals surface area (Å²) in [7, 11) is 0. The smallest absolute Gasteiger partial charge is 0.260 e. The summed E-state index contributed by atoms with van der Waals surface area (Å²) in [6, 6.07) is 0. The molecular weight excluding hydrogens is 148 g/mol. The predicted octanol–water partition coefficient (Wildman–Crippen LogP) is 1.84. The molecule has 0 aliphatic carbocycles. The number of hydrogen-bond donors (Lipinski definition) is 1. The highest BCUT2D eigenvalue weighted by Gasteiger charge is 2.18. The Morgan fingerprint density at radius 2 is 2.60 bits per heavy atom. The largest absolute Gasteiger partial charge is 0.299 e. The van der Waals surface area contributed by atoms with E-state index >= 15 is 0 Å². The maximum atomic E-state index is 10.7. The van der Waals surface area contributed by atoms with Gasteiger partial charge in [0.2, 0.25) is 0 Å². The highest BCUT2D eigenvalue weighted by Crippen LogP contribution is 2.17. The highest BCUT2D eigenvalue weighted by molar-refractivity contribution is 8.14. The minimum Gasteiger partial charge on any atom is -0.260 e. The van der Waals surface area contributed by atoms with Crippen molar-refractivity contribution in [1.82, 2.24) is 5.43 Å². The zero-order valence-electron chi connectivity index (χ0n) is 6.05. The van der Waals surface area contributed by atoms with Crippen molar-refractivity contribution in [2.45, 2.75) is 25.5 Å². The SMILES string of the molecule is CCC1=NNC(=O)SC1C.[HH]. The number of hydrogen-bond acceptors (Lipinski definition) is 3. The Balaban J connectivity index is 0.000001000. The lowest BCUT2D eigenvalue weighted by Crippen LogP contribution is -2.28. The fourth-order valence-electron chi connectivity index (χ4n) is 0.830. The average molecular weight is 160 g/mol. The number of hydrazone groups is 1. The second kappa shape index (κ2) is 3.05. The van der Waals surface area contributed by atoms with E-state index in [0.29, 0.717) is 0 Å². The molecule has 0 radical (unpaired) electrons. The van der Waals surface area contributed by atoms with E-state index in [-0.39, 0.29) is 11.9 Å². The minimum absolute atomic E-state index is 0. The van der Waals surface area contributed by atoms with Gasteiger partial charge in [0.1, 0.15) is 0 Å². The molecule has 1 N–H and O–H groups in total. The summed E-state index contributed by atoms with van der Waals surface area (Å²) < 4.78 is 0. The van der Waals surface area contributed by atoms with Crippen LogP contribution in [0.5, 0.6) is 0 Å². The summed E-state index contributed by atoms with van der Waals surface area (Å²) in [5, 5.41) is 4.10. The number of carbonyl (C=O) groups excluding carboxylic acids is 1. The number of nitrogens with one attached hydrogen (secondary N) is 1. The summed E-state index contributed by atoms with van der Waals surface area (Å²) in [6.45, 7) is 4.03. The molecule has 0 spiro atoms. The van der Waals surface area contributed by atoms with Gasteiger partial charge in [-0.25, -0.2) is 5.43 Å². The zero-order chi connectivity index (χ0) is 7.56. The lowest BCUT2D eigenvalue weighted by molar-refractivity contribution is 0.261. The van der Waals surface area contributed by atoms with Crippen LogP contribution in [0.2, 0.25) is 0 Å². The topological polar surface area (TPSA) is 41.5 Å². The molecule has 0 saturated heterocycles. The molecule has 0 aromatic carbocycles. The second-order valence-corrected chi connectivity index (χ2v) is 3.43. The van der Waals surface area contributed by atoms with E-state index in [1.165, 1.54) is 11.8 Å². The Morgan fingerprint density at radius 1 is 1.90 bits per heavy atom. The Morgan fingerprint density at radius 3 is 3.10 bits per heavy atom. The van der Waals surface area contributed by atoms with Crippen molar-refractivity contribution in [1.29, 1.82) is 0 Å². The first-order valence-electron chi connectivity index (χ1n) is 3.27. The van der Waals surface area contributed by atoms with Gasteiger partial charge < -0.3 is 0 Å². The van der Waals surface area contributed by atoms with Crippen LogP contribution in [0.15, 0.2) is 5.10 Å². The van der Waals surface area contributed by atoms with E-state index in [2.05, 4.69) is 10.5 Å². The van der Waals surface area contributed by atoms with Crippen LogP contribution in [-0.2, 0) is 0 Å². The monoisotopic (exact) mass is 160 g/mol. The van der Waals surface area contributed by atoms with Crippen LogP contribution < -0.4 is 5.43 Å². The molecule has 0 aromatic rings. The van der Waals surface area contributed by atoms with Crippen LogP contribution in [-0.4, -0.2) is 16.2 Å². The standard InChI is InChI=1S/C6H10N2OS.H2/c1-3-5-4(2)10-6(9)8-7-5;/h4H,3H2,1-2H3,(H,8,9);1H. The van der Waals surface area contributed by atoms with Gasteiger partial charge in [0.05, 0.1) is 11.0 Å². The Labute approximate surface area is 65.7 Å². The molecule has 1 rings (SSSR count). The van der Waals surface area contributed by atoms with Crippen molar-refractivity contribution in [3.63, 3.8) is 0 Å². The fraction of sp³-hybridized carbons (Fsp3) is 0.667. The first-order valence-corrected chi connectivity index (χ1v) is 4.15. The molecule has 58 valence electrons. The molecule has 1 aliphatic heterocycles. The van der Waals surface area contributed by atoms with Crippen molar-refractivity contribution in [2.24, 2.45) is 5.10 Å². The van der Waals surface area contributed by atoms with E-state index in [9.17, 15) is 4.79 Å². The van der Waals surface area contributed by atoms with E-state index in [0.717, 1.165) is 12.1 Å². The van der Waals surface area contributed by atoms with Gasteiger partial charge in [0.15, 0.2) is 0 Å². The van der Waals surface area contributed by atoms with E-state index in [1.807, 2.05) is 13.8 Å². The lowest BCUT2D eigenvalue weighted by Gasteiger charge is -2.16. The molecule has 10 heavy (non-hydrogen) atoms. The van der Waals surface area contributed by atoms with Gasteiger partial charge in [-0.15, -0.1) is 0 Å². The van der Waals surface area contributed by atoms with E-state index < -0.39 is 0 Å². The second-order valence-electron chi connectivity index (χ2n) is 2.12. The molecule has 1 amide bonds. The predicted molar refractivity (Wildman–Crippen MR) is 45.4 cm³/mol. The number of rotatable bonds is 1. The lowest BCUT2D eigenvalue weighted by atomic mass is 10.2. The van der Waals surface area contributed by atoms with Crippen molar-refractivity contribution >= 4 is 22.7 Å². The Kier molecular flexibility index (Phi) is 2.32. The maximum absolute atomic E-state index is 10.7. The van der Waals surface area contributed by atoms with Gasteiger partial charge in [0.25, 0.3) is 5.24 Å². The van der Waals surface area contributed by atoms with Crippen LogP contribution in [0.4, 0.5) is 4.79 Å². The summed E-state index contributed by atoms with van der Waals surface area (Å²) in [5.74, 6) is 0. The first kappa shape index (κ1) is 7.60. The van der Waals surface area contributed by atoms with Gasteiger partial charge in [-0.3, -0.25) is 4.79 Å². The maximum Gasteiger partial charge on any atom is 0.299 e. The molecule has 3 nitrogen and oxygen atoms in total. The zero-order valence-corrected chi connectivity index (χ0v) is 6.86. The van der Waals surface area contributed by atoms with E-state index in [4.69, 9.17) is 0 Å². The molecule has 0 aromatic heterocycles. The molecular formula is C6H12N2OS. The number of amides is 1. The van der Waals surface area contributed by atoms with Crippen molar-refractivity contribution in [3.05, 3.63) is 0 Å². The van der Waals surface area contributed by atoms with E-state index in [1.54, 1.807) is 0 Å². The quantitative estimate of drug-likeness (QED) is 0.636. The van der Waals surface area contributed by atoms with Crippen LogP contribution in [0, 0.1) is 0 Å². The molecule has 0 saturated carbocycles. The van der Waals surface area contributed by atoms with Crippen LogP contribution >= 0.6 is 11.8 Å². The summed E-state index contributed by atoms with van der Waals surface area (Å²) in [6.07, 6.45) is 0.911. The molecule has 4 heteroatoms. The van der Waals surface area contributed by atoms with Crippen molar-refractivity contribution in [3.8, 4) is 0 Å². The number of nitrogens with zero attached hydrogens (tertiary/aromatic N) is 1. The number of thioether (sulfide) groups is 1. The third-order valence-electron chi connectivity index (χ3n) is 1.41. The fourth-order valence-corrected chi connectivity index (χ4v) is 1.60.